The Morgan fingerprint density at radius 2 is 1.83 bits per heavy atom. The number of aromatic nitrogens is 3. The number of rotatable bonds is 6. The molecule has 3 rings (SSSR count). The van der Waals surface area contributed by atoms with E-state index in [0.717, 1.165) is 22.6 Å². The normalized spacial score (nSPS) is 12.3. The topological polar surface area (TPSA) is 91.2 Å². The predicted molar refractivity (Wildman–Crippen MR) is 87.8 cm³/mol. The SMILES string of the molecule is COc1ccc(-c2nc(C[S@@](=O)Cc3c(C)noc3C)no2)cc1. The van der Waals surface area contributed by atoms with Gasteiger partial charge in [-0.3, -0.25) is 4.21 Å². The van der Waals surface area contributed by atoms with Gasteiger partial charge in [0, 0.05) is 21.9 Å². The number of hydrogen-bond donors (Lipinski definition) is 0. The Bertz CT molecular complexity index is 835. The van der Waals surface area contributed by atoms with Gasteiger partial charge in [0.2, 0.25) is 0 Å². The number of hydrogen-bond acceptors (Lipinski definition) is 7. The van der Waals surface area contributed by atoms with E-state index in [-0.39, 0.29) is 5.75 Å². The summed E-state index contributed by atoms with van der Waals surface area (Å²) in [5.74, 6) is 2.80. The summed E-state index contributed by atoms with van der Waals surface area (Å²) in [4.78, 5) is 4.30. The van der Waals surface area contributed by atoms with Crippen molar-refractivity contribution in [1.29, 1.82) is 0 Å². The highest BCUT2D eigenvalue weighted by atomic mass is 32.2. The lowest BCUT2D eigenvalue weighted by Crippen LogP contribution is -2.02. The Balaban J connectivity index is 1.68. The molecule has 0 spiro atoms. The predicted octanol–water partition coefficient (Wildman–Crippen LogP) is 2.80. The van der Waals surface area contributed by atoms with Crippen molar-refractivity contribution in [3.8, 4) is 17.2 Å². The highest BCUT2D eigenvalue weighted by molar-refractivity contribution is 7.83. The summed E-state index contributed by atoms with van der Waals surface area (Å²) in [7, 11) is 0.431. The number of methoxy groups -OCH3 is 1. The monoisotopic (exact) mass is 347 g/mol. The zero-order valence-electron chi connectivity index (χ0n) is 13.6. The van der Waals surface area contributed by atoms with Crippen molar-refractivity contribution in [2.45, 2.75) is 25.4 Å². The van der Waals surface area contributed by atoms with Crippen molar-refractivity contribution in [3.05, 3.63) is 47.1 Å². The first kappa shape index (κ1) is 16.4. The molecule has 0 bridgehead atoms. The largest absolute Gasteiger partial charge is 0.497 e. The Labute approximate surface area is 141 Å². The highest BCUT2D eigenvalue weighted by Crippen LogP contribution is 2.21. The second kappa shape index (κ2) is 6.96. The zero-order chi connectivity index (χ0) is 17.1. The molecular weight excluding hydrogens is 330 g/mol. The molecule has 24 heavy (non-hydrogen) atoms. The summed E-state index contributed by atoms with van der Waals surface area (Å²) in [6, 6.07) is 7.29. The Kier molecular flexibility index (Phi) is 4.75. The van der Waals surface area contributed by atoms with Crippen molar-refractivity contribution >= 4 is 10.8 Å². The van der Waals surface area contributed by atoms with E-state index in [0.29, 0.717) is 23.2 Å². The van der Waals surface area contributed by atoms with Gasteiger partial charge >= 0.3 is 0 Å². The summed E-state index contributed by atoms with van der Waals surface area (Å²) in [6.07, 6.45) is 0. The molecule has 8 heteroatoms. The van der Waals surface area contributed by atoms with Crippen LogP contribution in [-0.2, 0) is 22.3 Å². The van der Waals surface area contributed by atoms with Crippen LogP contribution in [0.2, 0.25) is 0 Å². The van der Waals surface area contributed by atoms with E-state index < -0.39 is 10.8 Å². The Morgan fingerprint density at radius 3 is 2.46 bits per heavy atom. The van der Waals surface area contributed by atoms with Crippen molar-refractivity contribution in [2.24, 2.45) is 0 Å². The first-order valence-electron chi connectivity index (χ1n) is 7.30. The van der Waals surface area contributed by atoms with Crippen molar-refractivity contribution in [1.82, 2.24) is 15.3 Å². The molecule has 0 amide bonds. The summed E-state index contributed by atoms with van der Waals surface area (Å²) >= 11 is 0. The third kappa shape index (κ3) is 3.53. The van der Waals surface area contributed by atoms with Crippen LogP contribution in [0.4, 0.5) is 0 Å². The lowest BCUT2D eigenvalue weighted by atomic mass is 10.2. The van der Waals surface area contributed by atoms with Gasteiger partial charge in [0.25, 0.3) is 5.89 Å². The van der Waals surface area contributed by atoms with Crippen molar-refractivity contribution < 1.29 is 18.0 Å². The minimum absolute atomic E-state index is 0.212. The maximum Gasteiger partial charge on any atom is 0.257 e. The van der Waals surface area contributed by atoms with Crippen LogP contribution >= 0.6 is 0 Å². The van der Waals surface area contributed by atoms with Gasteiger partial charge in [-0.05, 0) is 38.1 Å². The van der Waals surface area contributed by atoms with Crippen LogP contribution in [-0.4, -0.2) is 26.6 Å². The van der Waals surface area contributed by atoms with E-state index in [1.165, 1.54) is 0 Å². The third-order valence-electron chi connectivity index (χ3n) is 3.58. The van der Waals surface area contributed by atoms with Crippen LogP contribution in [0.5, 0.6) is 5.75 Å². The standard InChI is InChI=1S/C16H17N3O4S/c1-10-14(11(2)22-18-10)8-24(20)9-15-17-16(23-19-15)12-4-6-13(21-3)7-5-12/h4-7H,8-9H2,1-3H3/t24-/m0/s1. The van der Waals surface area contributed by atoms with E-state index in [4.69, 9.17) is 13.8 Å². The molecule has 0 saturated carbocycles. The summed E-state index contributed by atoms with van der Waals surface area (Å²) < 4.78 is 27.8. The molecular formula is C16H17N3O4S. The Hall–Kier alpha value is -2.48. The number of ether oxygens (including phenoxy) is 1. The fourth-order valence-corrected chi connectivity index (χ4v) is 3.47. The second-order valence-corrected chi connectivity index (χ2v) is 6.73. The average molecular weight is 347 g/mol. The number of benzene rings is 1. The quantitative estimate of drug-likeness (QED) is 0.677. The molecule has 7 nitrogen and oxygen atoms in total. The average Bonchev–Trinajstić information content (AvgIpc) is 3.17. The van der Waals surface area contributed by atoms with Crippen LogP contribution in [0.25, 0.3) is 11.5 Å². The van der Waals surface area contributed by atoms with Crippen LogP contribution < -0.4 is 4.74 Å². The van der Waals surface area contributed by atoms with E-state index >= 15 is 0 Å². The van der Waals surface area contributed by atoms with Crippen LogP contribution in [0.15, 0.2) is 33.3 Å². The van der Waals surface area contributed by atoms with Crippen LogP contribution in [0.1, 0.15) is 22.8 Å². The molecule has 0 aliphatic rings. The molecule has 0 aliphatic carbocycles. The summed E-state index contributed by atoms with van der Waals surface area (Å²) in [6.45, 7) is 3.64. The molecule has 1 aromatic carbocycles. The third-order valence-corrected chi connectivity index (χ3v) is 4.77. The van der Waals surface area contributed by atoms with Crippen molar-refractivity contribution in [3.63, 3.8) is 0 Å². The van der Waals surface area contributed by atoms with Gasteiger partial charge in [-0.1, -0.05) is 10.3 Å². The maximum absolute atomic E-state index is 12.3. The lowest BCUT2D eigenvalue weighted by Gasteiger charge is -1.99. The molecule has 0 aliphatic heterocycles. The molecule has 0 radical (unpaired) electrons. The van der Waals surface area contributed by atoms with Gasteiger partial charge in [0.1, 0.15) is 11.5 Å². The van der Waals surface area contributed by atoms with Gasteiger partial charge in [-0.2, -0.15) is 4.98 Å². The van der Waals surface area contributed by atoms with E-state index in [9.17, 15) is 4.21 Å². The van der Waals surface area contributed by atoms with Gasteiger partial charge in [0.05, 0.1) is 24.3 Å². The fourth-order valence-electron chi connectivity index (χ4n) is 2.23. The van der Waals surface area contributed by atoms with Gasteiger partial charge < -0.3 is 13.8 Å². The fraction of sp³-hybridized carbons (Fsp3) is 0.312. The molecule has 0 fully saturated rings. The first-order chi connectivity index (χ1) is 11.6. The Morgan fingerprint density at radius 1 is 1.08 bits per heavy atom. The zero-order valence-corrected chi connectivity index (χ0v) is 14.4. The van der Waals surface area contributed by atoms with Gasteiger partial charge in [-0.25, -0.2) is 0 Å². The minimum Gasteiger partial charge on any atom is -0.497 e. The molecule has 2 heterocycles. The highest BCUT2D eigenvalue weighted by Gasteiger charge is 2.16. The molecule has 0 saturated heterocycles. The van der Waals surface area contributed by atoms with Gasteiger partial charge in [-0.15, -0.1) is 0 Å². The molecule has 2 aromatic heterocycles. The minimum atomic E-state index is -1.17. The lowest BCUT2D eigenvalue weighted by molar-refractivity contribution is 0.392. The maximum atomic E-state index is 12.3. The van der Waals surface area contributed by atoms with Crippen LogP contribution in [0, 0.1) is 13.8 Å². The molecule has 0 unspecified atom stereocenters. The van der Waals surface area contributed by atoms with Crippen LogP contribution in [0.3, 0.4) is 0 Å². The number of nitrogens with zero attached hydrogens (tertiary/aromatic N) is 3. The number of aryl methyl sites for hydroxylation is 2. The molecule has 126 valence electrons. The van der Waals surface area contributed by atoms with Gasteiger partial charge in [0.15, 0.2) is 5.82 Å². The first-order valence-corrected chi connectivity index (χ1v) is 8.79. The van der Waals surface area contributed by atoms with Crippen molar-refractivity contribution in [2.75, 3.05) is 7.11 Å². The van der Waals surface area contributed by atoms with E-state index in [2.05, 4.69) is 15.3 Å². The summed E-state index contributed by atoms with van der Waals surface area (Å²) in [5, 5.41) is 7.76. The molecule has 3 aromatic rings. The van der Waals surface area contributed by atoms with E-state index in [1.807, 2.05) is 38.1 Å². The molecule has 0 N–H and O–H groups in total. The smallest absolute Gasteiger partial charge is 0.257 e. The van der Waals surface area contributed by atoms with E-state index in [1.54, 1.807) is 7.11 Å². The second-order valence-electron chi connectivity index (χ2n) is 5.28. The molecule has 1 atom stereocenters. The summed E-state index contributed by atoms with van der Waals surface area (Å²) in [5.41, 5.74) is 2.41.